The Kier molecular flexibility index (Phi) is 7.44. The lowest BCUT2D eigenvalue weighted by Crippen LogP contribution is -2.54. The summed E-state index contributed by atoms with van der Waals surface area (Å²) in [5, 5.41) is 6.76. The molecule has 2 aliphatic heterocycles. The van der Waals surface area contributed by atoms with Gasteiger partial charge in [-0.15, -0.1) is 0 Å². The highest BCUT2D eigenvalue weighted by molar-refractivity contribution is 7.86. The van der Waals surface area contributed by atoms with Gasteiger partial charge < -0.3 is 19.3 Å². The van der Waals surface area contributed by atoms with Crippen LogP contribution >= 0.6 is 0 Å². The number of nitrogens with zero attached hydrogens (tertiary/aromatic N) is 5. The van der Waals surface area contributed by atoms with Gasteiger partial charge in [0.05, 0.1) is 19.8 Å². The molecule has 0 saturated carbocycles. The number of alkyl carbamates (subject to hydrolysis) is 1. The molecule has 12 nitrogen and oxygen atoms in total. The van der Waals surface area contributed by atoms with E-state index < -0.39 is 27.4 Å². The van der Waals surface area contributed by atoms with E-state index in [1.165, 1.54) is 8.61 Å². The number of piperazine rings is 1. The maximum atomic E-state index is 12.8. The highest BCUT2D eigenvalue weighted by Crippen LogP contribution is 2.20. The van der Waals surface area contributed by atoms with E-state index in [0.717, 1.165) is 0 Å². The minimum absolute atomic E-state index is 0.340. The fourth-order valence-corrected chi connectivity index (χ4v) is 5.00. The second-order valence-corrected chi connectivity index (χ2v) is 11.4. The van der Waals surface area contributed by atoms with Gasteiger partial charge in [-0.2, -0.15) is 22.0 Å². The Morgan fingerprint density at radius 3 is 2.22 bits per heavy atom. The van der Waals surface area contributed by atoms with Gasteiger partial charge in [0.25, 0.3) is 10.2 Å². The van der Waals surface area contributed by atoms with Crippen molar-refractivity contribution in [3.63, 3.8) is 0 Å². The summed E-state index contributed by atoms with van der Waals surface area (Å²) in [4.78, 5) is 18.6. The Bertz CT molecular complexity index is 882. The van der Waals surface area contributed by atoms with E-state index in [1.54, 1.807) is 34.6 Å². The lowest BCUT2D eigenvalue weighted by Gasteiger charge is -2.37. The van der Waals surface area contributed by atoms with Crippen molar-refractivity contribution in [3.05, 3.63) is 11.7 Å². The van der Waals surface area contributed by atoms with Gasteiger partial charge in [0.15, 0.2) is 5.82 Å². The van der Waals surface area contributed by atoms with Gasteiger partial charge in [0, 0.05) is 39.3 Å². The first kappa shape index (κ1) is 24.8. The van der Waals surface area contributed by atoms with E-state index in [0.29, 0.717) is 70.7 Å². The molecule has 0 atom stereocenters. The number of rotatable bonds is 6. The third-order valence-electron chi connectivity index (χ3n) is 5.15. The van der Waals surface area contributed by atoms with Crippen LogP contribution < -0.4 is 5.32 Å². The molecule has 1 aromatic heterocycles. The zero-order valence-electron chi connectivity index (χ0n) is 19.5. The monoisotopic (exact) mass is 474 g/mol. The molecule has 0 spiro atoms. The van der Waals surface area contributed by atoms with E-state index in [9.17, 15) is 13.2 Å². The highest BCUT2D eigenvalue weighted by Gasteiger charge is 2.34. The standard InChI is InChI=1S/C19H34N6O6S/c1-18(2,3)30-17(26)21-19(4,5)16-20-15(31-22-16)14-23-6-8-24(9-7-23)32(27,28)25-10-12-29-13-11-25/h6-14H2,1-5H3,(H,21,26). The molecule has 3 heterocycles. The first-order chi connectivity index (χ1) is 14.9. The predicted molar refractivity (Wildman–Crippen MR) is 115 cm³/mol. The fraction of sp³-hybridized carbons (Fsp3) is 0.842. The van der Waals surface area contributed by atoms with Gasteiger partial charge in [-0.05, 0) is 34.6 Å². The molecule has 1 aromatic rings. The minimum Gasteiger partial charge on any atom is -0.444 e. The van der Waals surface area contributed by atoms with Crippen LogP contribution in [0.3, 0.4) is 0 Å². The average Bonchev–Trinajstić information content (AvgIpc) is 3.17. The zero-order chi connectivity index (χ0) is 23.6. The van der Waals surface area contributed by atoms with Crippen LogP contribution in [0.1, 0.15) is 46.3 Å². The lowest BCUT2D eigenvalue weighted by atomic mass is 10.1. The van der Waals surface area contributed by atoms with Crippen molar-refractivity contribution in [2.24, 2.45) is 0 Å². The van der Waals surface area contributed by atoms with Gasteiger partial charge in [-0.25, -0.2) is 4.79 Å². The van der Waals surface area contributed by atoms with Crippen molar-refractivity contribution >= 4 is 16.3 Å². The Balaban J connectivity index is 1.52. The van der Waals surface area contributed by atoms with Crippen LogP contribution in [0.15, 0.2) is 4.52 Å². The number of nitrogens with one attached hydrogen (secondary N) is 1. The van der Waals surface area contributed by atoms with Crippen molar-refractivity contribution in [2.75, 3.05) is 52.5 Å². The third kappa shape index (κ3) is 6.38. The van der Waals surface area contributed by atoms with Crippen molar-refractivity contribution in [2.45, 2.75) is 52.3 Å². The molecule has 3 rings (SSSR count). The number of hydrogen-bond acceptors (Lipinski definition) is 9. The summed E-state index contributed by atoms with van der Waals surface area (Å²) in [6.45, 7) is 12.8. The largest absolute Gasteiger partial charge is 0.444 e. The van der Waals surface area contributed by atoms with Crippen LogP contribution in [0, 0.1) is 0 Å². The van der Waals surface area contributed by atoms with E-state index in [4.69, 9.17) is 14.0 Å². The van der Waals surface area contributed by atoms with Gasteiger partial charge in [0.1, 0.15) is 11.1 Å². The fourth-order valence-electron chi connectivity index (χ4n) is 3.44. The van der Waals surface area contributed by atoms with Gasteiger partial charge in [0.2, 0.25) is 5.89 Å². The highest BCUT2D eigenvalue weighted by atomic mass is 32.2. The number of carbonyl (C=O) groups excluding carboxylic acids is 1. The second-order valence-electron chi connectivity index (χ2n) is 9.46. The molecule has 1 amide bonds. The molecule has 0 unspecified atom stereocenters. The van der Waals surface area contributed by atoms with E-state index in [-0.39, 0.29) is 0 Å². The predicted octanol–water partition coefficient (Wildman–Crippen LogP) is 0.524. The zero-order valence-corrected chi connectivity index (χ0v) is 20.3. The molecule has 182 valence electrons. The van der Waals surface area contributed by atoms with Crippen LogP contribution in [0.2, 0.25) is 0 Å². The number of carbonyl (C=O) groups is 1. The lowest BCUT2D eigenvalue weighted by molar-refractivity contribution is 0.0465. The smallest absolute Gasteiger partial charge is 0.408 e. The molecule has 0 radical (unpaired) electrons. The van der Waals surface area contributed by atoms with Gasteiger partial charge >= 0.3 is 6.09 Å². The van der Waals surface area contributed by atoms with Crippen LogP contribution in [-0.2, 0) is 31.8 Å². The van der Waals surface area contributed by atoms with E-state index in [2.05, 4.69) is 20.4 Å². The second kappa shape index (κ2) is 9.59. The van der Waals surface area contributed by atoms with Crippen LogP contribution in [0.25, 0.3) is 0 Å². The van der Waals surface area contributed by atoms with Crippen LogP contribution in [-0.4, -0.2) is 96.2 Å². The molecule has 0 bridgehead atoms. The first-order valence-corrected chi connectivity index (χ1v) is 12.2. The Labute approximate surface area is 189 Å². The molecule has 32 heavy (non-hydrogen) atoms. The number of hydrogen-bond donors (Lipinski definition) is 1. The molecule has 1 N–H and O–H groups in total. The van der Waals surface area contributed by atoms with E-state index >= 15 is 0 Å². The van der Waals surface area contributed by atoms with Crippen molar-refractivity contribution in [1.82, 2.24) is 29.0 Å². The summed E-state index contributed by atoms with van der Waals surface area (Å²) in [6.07, 6.45) is -0.563. The van der Waals surface area contributed by atoms with Crippen molar-refractivity contribution < 1.29 is 27.2 Å². The van der Waals surface area contributed by atoms with Gasteiger partial charge in [-0.3, -0.25) is 4.90 Å². The number of aromatic nitrogens is 2. The summed E-state index contributed by atoms with van der Waals surface area (Å²) >= 11 is 0. The van der Waals surface area contributed by atoms with Crippen molar-refractivity contribution in [3.8, 4) is 0 Å². The SMILES string of the molecule is CC(C)(C)OC(=O)NC(C)(C)c1noc(CN2CCN(S(=O)(=O)N3CCOCC3)CC2)n1. The Morgan fingerprint density at radius 1 is 1.03 bits per heavy atom. The van der Waals surface area contributed by atoms with Crippen LogP contribution in [0.5, 0.6) is 0 Å². The average molecular weight is 475 g/mol. The summed E-state index contributed by atoms with van der Waals surface area (Å²) in [5.74, 6) is 0.746. The number of ether oxygens (including phenoxy) is 2. The molecule has 13 heteroatoms. The topological polar surface area (TPSA) is 130 Å². The Morgan fingerprint density at radius 2 is 1.62 bits per heavy atom. The van der Waals surface area contributed by atoms with E-state index in [1.807, 2.05) is 0 Å². The van der Waals surface area contributed by atoms with Crippen LogP contribution in [0.4, 0.5) is 4.79 Å². The summed E-state index contributed by atoms with van der Waals surface area (Å²) in [7, 11) is -3.46. The quantitative estimate of drug-likeness (QED) is 0.627. The molecule has 2 fully saturated rings. The number of morpholine rings is 1. The van der Waals surface area contributed by atoms with Crippen molar-refractivity contribution in [1.29, 1.82) is 0 Å². The molecule has 2 aliphatic rings. The van der Waals surface area contributed by atoms with Gasteiger partial charge in [-0.1, -0.05) is 5.16 Å². The molecular formula is C19H34N6O6S. The third-order valence-corrected chi connectivity index (χ3v) is 7.19. The maximum Gasteiger partial charge on any atom is 0.408 e. The first-order valence-electron chi connectivity index (χ1n) is 10.8. The molecular weight excluding hydrogens is 440 g/mol. The maximum absolute atomic E-state index is 12.8. The Hall–Kier alpha value is -1.80. The summed E-state index contributed by atoms with van der Waals surface area (Å²) in [6, 6.07) is 0. The molecule has 0 aromatic carbocycles. The summed E-state index contributed by atoms with van der Waals surface area (Å²) < 4.78 is 44.5. The molecule has 0 aliphatic carbocycles. The summed E-state index contributed by atoms with van der Waals surface area (Å²) in [5.41, 5.74) is -1.49. The molecule has 2 saturated heterocycles. The minimum atomic E-state index is -3.46. The number of amides is 1. The normalized spacial score (nSPS) is 20.3.